The van der Waals surface area contributed by atoms with E-state index >= 15 is 0 Å². The molecular weight excluding hydrogens is 228 g/mol. The SMILES string of the molecule is Cc1cc(CO)ccc1NC(C#N)=C(C#N)C#N. The maximum Gasteiger partial charge on any atom is 0.163 e. The smallest absolute Gasteiger partial charge is 0.163 e. The summed E-state index contributed by atoms with van der Waals surface area (Å²) in [6.07, 6.45) is 0. The number of nitriles is 3. The van der Waals surface area contributed by atoms with E-state index in [1.165, 1.54) is 0 Å². The van der Waals surface area contributed by atoms with Crippen LogP contribution in [-0.2, 0) is 6.61 Å². The van der Waals surface area contributed by atoms with Crippen LogP contribution in [0.3, 0.4) is 0 Å². The molecule has 0 aliphatic carbocycles. The predicted molar refractivity (Wildman–Crippen MR) is 64.6 cm³/mol. The van der Waals surface area contributed by atoms with Gasteiger partial charge in [-0.2, -0.15) is 15.8 Å². The molecule has 0 aromatic heterocycles. The molecule has 0 saturated heterocycles. The molecule has 1 rings (SSSR count). The molecule has 0 bridgehead atoms. The third-order valence-electron chi connectivity index (χ3n) is 2.32. The second-order valence-electron chi connectivity index (χ2n) is 3.52. The third kappa shape index (κ3) is 2.86. The van der Waals surface area contributed by atoms with E-state index in [9.17, 15) is 0 Å². The van der Waals surface area contributed by atoms with Crippen molar-refractivity contribution in [3.63, 3.8) is 0 Å². The van der Waals surface area contributed by atoms with Crippen molar-refractivity contribution in [2.45, 2.75) is 13.5 Å². The number of aliphatic hydroxyl groups excluding tert-OH is 1. The van der Waals surface area contributed by atoms with E-state index in [1.54, 1.807) is 43.3 Å². The summed E-state index contributed by atoms with van der Waals surface area (Å²) < 4.78 is 0. The zero-order valence-electron chi connectivity index (χ0n) is 9.73. The van der Waals surface area contributed by atoms with Crippen LogP contribution in [-0.4, -0.2) is 5.11 Å². The first-order chi connectivity index (χ1) is 8.65. The van der Waals surface area contributed by atoms with Crippen molar-refractivity contribution in [1.29, 1.82) is 15.8 Å². The van der Waals surface area contributed by atoms with Crippen LogP contribution in [0.4, 0.5) is 5.69 Å². The molecule has 0 aliphatic rings. The summed E-state index contributed by atoms with van der Waals surface area (Å²) >= 11 is 0. The summed E-state index contributed by atoms with van der Waals surface area (Å²) in [5, 5.41) is 38.0. The zero-order valence-corrected chi connectivity index (χ0v) is 9.73. The molecule has 0 amide bonds. The van der Waals surface area contributed by atoms with Crippen LogP contribution in [0.1, 0.15) is 11.1 Å². The number of allylic oxidation sites excluding steroid dienone is 2. The first-order valence-corrected chi connectivity index (χ1v) is 5.08. The van der Waals surface area contributed by atoms with Crippen molar-refractivity contribution in [1.82, 2.24) is 0 Å². The Kier molecular flexibility index (Phi) is 4.46. The van der Waals surface area contributed by atoms with E-state index in [0.717, 1.165) is 11.1 Å². The number of hydrogen-bond acceptors (Lipinski definition) is 5. The number of hydrogen-bond donors (Lipinski definition) is 2. The molecule has 0 radical (unpaired) electrons. The molecule has 0 fully saturated rings. The Hall–Kier alpha value is -2.81. The van der Waals surface area contributed by atoms with E-state index in [4.69, 9.17) is 20.9 Å². The van der Waals surface area contributed by atoms with Crippen molar-refractivity contribution in [3.8, 4) is 18.2 Å². The van der Waals surface area contributed by atoms with Crippen molar-refractivity contribution in [2.75, 3.05) is 5.32 Å². The Labute approximate surface area is 105 Å². The molecular formula is C13H10N4O. The van der Waals surface area contributed by atoms with Crippen LogP contribution in [0, 0.1) is 40.9 Å². The lowest BCUT2D eigenvalue weighted by Crippen LogP contribution is -2.02. The number of aryl methyl sites for hydroxylation is 1. The van der Waals surface area contributed by atoms with Gasteiger partial charge in [0.2, 0.25) is 0 Å². The fourth-order valence-electron chi connectivity index (χ4n) is 1.38. The van der Waals surface area contributed by atoms with Crippen LogP contribution in [0.5, 0.6) is 0 Å². The highest BCUT2D eigenvalue weighted by Crippen LogP contribution is 2.19. The molecule has 5 heteroatoms. The van der Waals surface area contributed by atoms with Gasteiger partial charge in [0, 0.05) is 5.69 Å². The Bertz CT molecular complexity index is 595. The van der Waals surface area contributed by atoms with Crippen LogP contribution < -0.4 is 5.32 Å². The van der Waals surface area contributed by atoms with E-state index in [1.807, 2.05) is 0 Å². The highest BCUT2D eigenvalue weighted by molar-refractivity contribution is 5.61. The van der Waals surface area contributed by atoms with Crippen LogP contribution in [0.15, 0.2) is 29.5 Å². The normalized spacial score (nSPS) is 8.61. The molecule has 18 heavy (non-hydrogen) atoms. The Morgan fingerprint density at radius 2 is 1.89 bits per heavy atom. The van der Waals surface area contributed by atoms with Gasteiger partial charge in [-0.1, -0.05) is 12.1 Å². The van der Waals surface area contributed by atoms with E-state index in [-0.39, 0.29) is 17.9 Å². The van der Waals surface area contributed by atoms with Gasteiger partial charge in [-0.05, 0) is 24.1 Å². The largest absolute Gasteiger partial charge is 0.392 e. The highest BCUT2D eigenvalue weighted by atomic mass is 16.3. The quantitative estimate of drug-likeness (QED) is 0.780. The number of rotatable bonds is 3. The number of benzene rings is 1. The third-order valence-corrected chi connectivity index (χ3v) is 2.32. The Morgan fingerprint density at radius 1 is 1.22 bits per heavy atom. The number of anilines is 1. The van der Waals surface area contributed by atoms with Gasteiger partial charge in [0.1, 0.15) is 23.9 Å². The van der Waals surface area contributed by atoms with Crippen LogP contribution in [0.2, 0.25) is 0 Å². The zero-order chi connectivity index (χ0) is 13.5. The van der Waals surface area contributed by atoms with Crippen molar-refractivity contribution < 1.29 is 5.11 Å². The Morgan fingerprint density at radius 3 is 2.33 bits per heavy atom. The lowest BCUT2D eigenvalue weighted by molar-refractivity contribution is 0.282. The first kappa shape index (κ1) is 13.3. The summed E-state index contributed by atoms with van der Waals surface area (Å²) in [7, 11) is 0. The minimum absolute atomic E-state index is 0.0658. The Balaban J connectivity index is 3.14. The molecule has 0 atom stereocenters. The standard InChI is InChI=1S/C13H10N4O/c1-9-4-10(8-18)2-3-12(9)17-13(7-16)11(5-14)6-15/h2-4,17-18H,8H2,1H3. The molecule has 0 aliphatic heterocycles. The molecule has 0 unspecified atom stereocenters. The van der Waals surface area contributed by atoms with Gasteiger partial charge < -0.3 is 10.4 Å². The maximum absolute atomic E-state index is 8.98. The summed E-state index contributed by atoms with van der Waals surface area (Å²) in [5.41, 5.74) is 1.83. The van der Waals surface area contributed by atoms with Crippen LogP contribution >= 0.6 is 0 Å². The number of nitrogens with one attached hydrogen (secondary N) is 1. The summed E-state index contributed by atoms with van der Waals surface area (Å²) in [4.78, 5) is 0. The molecule has 0 spiro atoms. The van der Waals surface area contributed by atoms with Gasteiger partial charge >= 0.3 is 0 Å². The second-order valence-corrected chi connectivity index (χ2v) is 3.52. The van der Waals surface area contributed by atoms with Gasteiger partial charge in [0.05, 0.1) is 6.61 Å². The van der Waals surface area contributed by atoms with E-state index in [0.29, 0.717) is 5.69 Å². The van der Waals surface area contributed by atoms with Gasteiger partial charge in [-0.25, -0.2) is 0 Å². The molecule has 5 nitrogen and oxygen atoms in total. The molecule has 0 saturated carbocycles. The van der Waals surface area contributed by atoms with Crippen molar-refractivity contribution in [3.05, 3.63) is 40.6 Å². The fraction of sp³-hybridized carbons (Fsp3) is 0.154. The molecule has 1 aromatic rings. The lowest BCUT2D eigenvalue weighted by Gasteiger charge is -2.09. The van der Waals surface area contributed by atoms with Gasteiger partial charge in [0.15, 0.2) is 5.57 Å². The molecule has 2 N–H and O–H groups in total. The first-order valence-electron chi connectivity index (χ1n) is 5.08. The number of nitrogens with zero attached hydrogens (tertiary/aromatic N) is 3. The summed E-state index contributed by atoms with van der Waals surface area (Å²) in [6, 6.07) is 10.2. The maximum atomic E-state index is 8.98. The summed E-state index contributed by atoms with van der Waals surface area (Å²) in [6.45, 7) is 1.73. The predicted octanol–water partition coefficient (Wildman–Crippen LogP) is 1.72. The van der Waals surface area contributed by atoms with E-state index in [2.05, 4.69) is 5.32 Å². The topological polar surface area (TPSA) is 104 Å². The average Bonchev–Trinajstić information content (AvgIpc) is 2.40. The fourth-order valence-corrected chi connectivity index (χ4v) is 1.38. The molecule has 88 valence electrons. The minimum atomic E-state index is -0.261. The lowest BCUT2D eigenvalue weighted by atomic mass is 10.1. The van der Waals surface area contributed by atoms with Gasteiger partial charge in [0.25, 0.3) is 0 Å². The van der Waals surface area contributed by atoms with Crippen LogP contribution in [0.25, 0.3) is 0 Å². The van der Waals surface area contributed by atoms with Crippen molar-refractivity contribution in [2.24, 2.45) is 0 Å². The average molecular weight is 238 g/mol. The van der Waals surface area contributed by atoms with E-state index < -0.39 is 0 Å². The molecule has 0 heterocycles. The minimum Gasteiger partial charge on any atom is -0.392 e. The molecule has 1 aromatic carbocycles. The van der Waals surface area contributed by atoms with Gasteiger partial charge in [-0.15, -0.1) is 0 Å². The van der Waals surface area contributed by atoms with Crippen molar-refractivity contribution >= 4 is 5.69 Å². The second kappa shape index (κ2) is 6.06. The highest BCUT2D eigenvalue weighted by Gasteiger charge is 2.07. The number of aliphatic hydroxyl groups is 1. The van der Waals surface area contributed by atoms with Gasteiger partial charge in [-0.3, -0.25) is 0 Å². The summed E-state index contributed by atoms with van der Waals surface area (Å²) in [5.74, 6) is 0. The monoisotopic (exact) mass is 238 g/mol.